The predicted molar refractivity (Wildman–Crippen MR) is 68.0 cm³/mol. The Labute approximate surface area is 103 Å². The third-order valence-electron chi connectivity index (χ3n) is 3.58. The lowest BCUT2D eigenvalue weighted by atomic mass is 10.0. The van der Waals surface area contributed by atoms with Crippen molar-refractivity contribution in [2.45, 2.75) is 38.8 Å². The number of nitrogens with one attached hydrogen (secondary N) is 1. The predicted octanol–water partition coefficient (Wildman–Crippen LogP) is 2.15. The summed E-state index contributed by atoms with van der Waals surface area (Å²) in [5.41, 5.74) is 1.30. The number of hydrogen-bond donors (Lipinski definition) is 1. The Kier molecular flexibility index (Phi) is 4.18. The van der Waals surface area contributed by atoms with Gasteiger partial charge in [-0.15, -0.1) is 0 Å². The first-order valence-electron chi connectivity index (χ1n) is 6.48. The standard InChI is InChI=1S/C13H23N3O/c1-10(2)13(8-17-3)16-9-14-7-12(16)11-5-4-6-15-11/h7,9-11,13,15H,4-6,8H2,1-3H3/t11-,13?/m0/s1. The van der Waals surface area contributed by atoms with Gasteiger partial charge in [0.25, 0.3) is 0 Å². The average Bonchev–Trinajstić information content (AvgIpc) is 2.95. The monoisotopic (exact) mass is 237 g/mol. The zero-order valence-corrected chi connectivity index (χ0v) is 11.0. The molecule has 0 spiro atoms. The number of methoxy groups -OCH3 is 1. The summed E-state index contributed by atoms with van der Waals surface area (Å²) in [4.78, 5) is 4.32. The van der Waals surface area contributed by atoms with Crippen molar-refractivity contribution in [1.82, 2.24) is 14.9 Å². The van der Waals surface area contributed by atoms with Gasteiger partial charge >= 0.3 is 0 Å². The summed E-state index contributed by atoms with van der Waals surface area (Å²) in [7, 11) is 1.76. The molecule has 96 valence electrons. The molecule has 1 unspecified atom stereocenters. The fourth-order valence-electron chi connectivity index (χ4n) is 2.56. The van der Waals surface area contributed by atoms with Gasteiger partial charge in [-0.25, -0.2) is 4.98 Å². The minimum Gasteiger partial charge on any atom is -0.383 e. The van der Waals surface area contributed by atoms with E-state index in [4.69, 9.17) is 4.74 Å². The second-order valence-electron chi connectivity index (χ2n) is 5.14. The fourth-order valence-corrected chi connectivity index (χ4v) is 2.56. The van der Waals surface area contributed by atoms with Crippen LogP contribution in [0.5, 0.6) is 0 Å². The van der Waals surface area contributed by atoms with Gasteiger partial charge in [0.2, 0.25) is 0 Å². The lowest BCUT2D eigenvalue weighted by Gasteiger charge is -2.25. The molecule has 2 heterocycles. The summed E-state index contributed by atoms with van der Waals surface area (Å²) in [6.07, 6.45) is 6.41. The third-order valence-corrected chi connectivity index (χ3v) is 3.58. The summed E-state index contributed by atoms with van der Waals surface area (Å²) < 4.78 is 7.63. The van der Waals surface area contributed by atoms with E-state index in [1.165, 1.54) is 18.5 Å². The van der Waals surface area contributed by atoms with Gasteiger partial charge in [0.1, 0.15) is 0 Å². The van der Waals surface area contributed by atoms with Crippen molar-refractivity contribution in [3.05, 3.63) is 18.2 Å². The summed E-state index contributed by atoms with van der Waals surface area (Å²) in [6.45, 7) is 6.32. The maximum atomic E-state index is 5.34. The highest BCUT2D eigenvalue weighted by atomic mass is 16.5. The Morgan fingerprint density at radius 2 is 2.41 bits per heavy atom. The van der Waals surface area contributed by atoms with E-state index in [2.05, 4.69) is 28.7 Å². The lowest BCUT2D eigenvalue weighted by Crippen LogP contribution is -2.25. The Balaban J connectivity index is 2.21. The van der Waals surface area contributed by atoms with E-state index in [1.807, 2.05) is 12.5 Å². The number of hydrogen-bond acceptors (Lipinski definition) is 3. The molecule has 2 rings (SSSR count). The van der Waals surface area contributed by atoms with Crippen molar-refractivity contribution in [2.75, 3.05) is 20.3 Å². The molecule has 0 radical (unpaired) electrons. The van der Waals surface area contributed by atoms with E-state index >= 15 is 0 Å². The van der Waals surface area contributed by atoms with Gasteiger partial charge in [0.05, 0.1) is 24.7 Å². The number of rotatable bonds is 5. The van der Waals surface area contributed by atoms with Crippen molar-refractivity contribution in [3.63, 3.8) is 0 Å². The SMILES string of the molecule is COCC(C(C)C)n1cncc1[C@@H]1CCCN1. The quantitative estimate of drug-likeness (QED) is 0.853. The van der Waals surface area contributed by atoms with Crippen LogP contribution in [0.4, 0.5) is 0 Å². The number of aromatic nitrogens is 2. The molecule has 0 bridgehead atoms. The molecule has 1 aliphatic rings. The van der Waals surface area contributed by atoms with Crippen LogP contribution in [0.15, 0.2) is 12.5 Å². The maximum Gasteiger partial charge on any atom is 0.0952 e. The molecule has 1 aromatic rings. The molecule has 4 heteroatoms. The Bertz CT molecular complexity index is 342. The Morgan fingerprint density at radius 3 is 3.00 bits per heavy atom. The maximum absolute atomic E-state index is 5.34. The Morgan fingerprint density at radius 1 is 1.59 bits per heavy atom. The summed E-state index contributed by atoms with van der Waals surface area (Å²) in [5.74, 6) is 0.546. The number of nitrogens with zero attached hydrogens (tertiary/aromatic N) is 2. The van der Waals surface area contributed by atoms with Gasteiger partial charge in [0, 0.05) is 19.3 Å². The normalized spacial score (nSPS) is 22.2. The molecule has 0 amide bonds. The summed E-state index contributed by atoms with van der Waals surface area (Å²) in [5, 5.41) is 3.53. The number of ether oxygens (including phenoxy) is 1. The molecule has 1 saturated heterocycles. The smallest absolute Gasteiger partial charge is 0.0952 e. The molecule has 1 aliphatic heterocycles. The third kappa shape index (κ3) is 2.69. The van der Waals surface area contributed by atoms with Crippen molar-refractivity contribution in [1.29, 1.82) is 0 Å². The molecule has 1 N–H and O–H groups in total. The molecular weight excluding hydrogens is 214 g/mol. The van der Waals surface area contributed by atoms with E-state index in [1.54, 1.807) is 7.11 Å². The molecule has 17 heavy (non-hydrogen) atoms. The van der Waals surface area contributed by atoms with E-state index in [-0.39, 0.29) is 0 Å². The minimum absolute atomic E-state index is 0.375. The summed E-state index contributed by atoms with van der Waals surface area (Å²) in [6, 6.07) is 0.843. The first kappa shape index (κ1) is 12.6. The Hall–Kier alpha value is -0.870. The van der Waals surface area contributed by atoms with E-state index < -0.39 is 0 Å². The molecule has 4 nitrogen and oxygen atoms in total. The highest BCUT2D eigenvalue weighted by molar-refractivity contribution is 5.09. The van der Waals surface area contributed by atoms with Crippen LogP contribution in [0.2, 0.25) is 0 Å². The fraction of sp³-hybridized carbons (Fsp3) is 0.769. The van der Waals surface area contributed by atoms with Crippen LogP contribution in [0.1, 0.15) is 44.5 Å². The average molecular weight is 237 g/mol. The van der Waals surface area contributed by atoms with E-state index in [9.17, 15) is 0 Å². The molecule has 2 atom stereocenters. The van der Waals surface area contributed by atoms with Crippen LogP contribution >= 0.6 is 0 Å². The van der Waals surface area contributed by atoms with Crippen LogP contribution in [0.3, 0.4) is 0 Å². The zero-order chi connectivity index (χ0) is 12.3. The summed E-state index contributed by atoms with van der Waals surface area (Å²) >= 11 is 0. The van der Waals surface area contributed by atoms with Crippen molar-refractivity contribution >= 4 is 0 Å². The van der Waals surface area contributed by atoms with Crippen LogP contribution < -0.4 is 5.32 Å². The van der Waals surface area contributed by atoms with Crippen LogP contribution in [-0.2, 0) is 4.74 Å². The van der Waals surface area contributed by atoms with Gasteiger partial charge < -0.3 is 14.6 Å². The lowest BCUT2D eigenvalue weighted by molar-refractivity contribution is 0.131. The molecule has 0 aliphatic carbocycles. The second kappa shape index (κ2) is 5.65. The zero-order valence-electron chi connectivity index (χ0n) is 11.0. The second-order valence-corrected chi connectivity index (χ2v) is 5.14. The highest BCUT2D eigenvalue weighted by Gasteiger charge is 2.24. The van der Waals surface area contributed by atoms with Gasteiger partial charge in [0.15, 0.2) is 0 Å². The van der Waals surface area contributed by atoms with Crippen molar-refractivity contribution in [2.24, 2.45) is 5.92 Å². The first-order chi connectivity index (χ1) is 8.24. The van der Waals surface area contributed by atoms with Gasteiger partial charge in [-0.3, -0.25) is 0 Å². The first-order valence-corrected chi connectivity index (χ1v) is 6.48. The molecule has 1 fully saturated rings. The van der Waals surface area contributed by atoms with Gasteiger partial charge in [-0.1, -0.05) is 13.8 Å². The van der Waals surface area contributed by atoms with E-state index in [0.717, 1.165) is 13.2 Å². The number of imidazole rings is 1. The van der Waals surface area contributed by atoms with Crippen molar-refractivity contribution in [3.8, 4) is 0 Å². The highest BCUT2D eigenvalue weighted by Crippen LogP contribution is 2.27. The molecule has 0 saturated carbocycles. The van der Waals surface area contributed by atoms with Gasteiger partial charge in [-0.05, 0) is 25.3 Å². The van der Waals surface area contributed by atoms with Gasteiger partial charge in [-0.2, -0.15) is 0 Å². The molecule has 0 aromatic carbocycles. The van der Waals surface area contributed by atoms with E-state index in [0.29, 0.717) is 18.0 Å². The van der Waals surface area contributed by atoms with Crippen LogP contribution in [0.25, 0.3) is 0 Å². The van der Waals surface area contributed by atoms with Crippen LogP contribution in [-0.4, -0.2) is 29.8 Å². The topological polar surface area (TPSA) is 39.1 Å². The van der Waals surface area contributed by atoms with Crippen molar-refractivity contribution < 1.29 is 4.74 Å². The van der Waals surface area contributed by atoms with Crippen LogP contribution in [0, 0.1) is 5.92 Å². The molecular formula is C13H23N3O. The molecule has 1 aromatic heterocycles. The largest absolute Gasteiger partial charge is 0.383 e. The minimum atomic E-state index is 0.375.